The normalized spacial score (nSPS) is 14.2. The molecule has 0 saturated carbocycles. The zero-order valence-corrected chi connectivity index (χ0v) is 17.4. The third-order valence-electron chi connectivity index (χ3n) is 4.87. The van der Waals surface area contributed by atoms with Crippen molar-refractivity contribution >= 4 is 0 Å². The molecule has 0 spiro atoms. The molecular formula is C26H30O4. The Labute approximate surface area is 179 Å². The molecule has 4 nitrogen and oxygen atoms in total. The summed E-state index contributed by atoms with van der Waals surface area (Å²) in [4.78, 5) is 0. The lowest BCUT2D eigenvalue weighted by Crippen LogP contribution is -2.47. The Kier molecular flexibility index (Phi) is 8.60. The second kappa shape index (κ2) is 11.6. The SMILES string of the molecule is C[C@@](O)(COCc1ccccc1)[C@H](COCc1ccccc1)OCc1ccccc1. The molecule has 1 N–H and O–H groups in total. The molecule has 4 heteroatoms. The quantitative estimate of drug-likeness (QED) is 0.471. The van der Waals surface area contributed by atoms with E-state index < -0.39 is 11.7 Å². The molecule has 0 heterocycles. The molecule has 0 aromatic heterocycles. The summed E-state index contributed by atoms with van der Waals surface area (Å²) in [6, 6.07) is 29.8. The van der Waals surface area contributed by atoms with Crippen LogP contribution in [0.3, 0.4) is 0 Å². The first-order chi connectivity index (χ1) is 14.6. The van der Waals surface area contributed by atoms with Crippen LogP contribution in [0.4, 0.5) is 0 Å². The number of aliphatic hydroxyl groups is 1. The smallest absolute Gasteiger partial charge is 0.113 e. The van der Waals surface area contributed by atoms with Gasteiger partial charge in [0.25, 0.3) is 0 Å². The van der Waals surface area contributed by atoms with Crippen molar-refractivity contribution in [2.24, 2.45) is 0 Å². The van der Waals surface area contributed by atoms with Gasteiger partial charge < -0.3 is 19.3 Å². The summed E-state index contributed by atoms with van der Waals surface area (Å²) in [7, 11) is 0. The van der Waals surface area contributed by atoms with E-state index in [1.807, 2.05) is 91.0 Å². The van der Waals surface area contributed by atoms with Crippen LogP contribution in [0.25, 0.3) is 0 Å². The van der Waals surface area contributed by atoms with Crippen molar-refractivity contribution in [1.82, 2.24) is 0 Å². The zero-order valence-electron chi connectivity index (χ0n) is 17.4. The Balaban J connectivity index is 1.57. The molecule has 0 aliphatic carbocycles. The predicted molar refractivity (Wildman–Crippen MR) is 118 cm³/mol. The average molecular weight is 407 g/mol. The maximum absolute atomic E-state index is 11.1. The van der Waals surface area contributed by atoms with E-state index in [-0.39, 0.29) is 13.2 Å². The molecule has 0 saturated heterocycles. The molecule has 3 aromatic rings. The number of hydrogen-bond donors (Lipinski definition) is 1. The minimum atomic E-state index is -1.19. The third kappa shape index (κ3) is 7.39. The van der Waals surface area contributed by atoms with Gasteiger partial charge in [0.05, 0.1) is 33.0 Å². The lowest BCUT2D eigenvalue weighted by atomic mass is 10.0. The van der Waals surface area contributed by atoms with Gasteiger partial charge in [0.1, 0.15) is 11.7 Å². The van der Waals surface area contributed by atoms with Crippen LogP contribution < -0.4 is 0 Å². The Morgan fingerprint density at radius 2 is 1.10 bits per heavy atom. The van der Waals surface area contributed by atoms with Crippen LogP contribution in [0.1, 0.15) is 23.6 Å². The maximum atomic E-state index is 11.1. The number of ether oxygens (including phenoxy) is 3. The summed E-state index contributed by atoms with van der Waals surface area (Å²) in [5, 5.41) is 11.1. The number of rotatable bonds is 12. The molecule has 0 fully saturated rings. The van der Waals surface area contributed by atoms with E-state index in [0.29, 0.717) is 19.8 Å². The lowest BCUT2D eigenvalue weighted by molar-refractivity contribution is -0.162. The fourth-order valence-corrected chi connectivity index (χ4v) is 3.08. The summed E-state index contributed by atoms with van der Waals surface area (Å²) in [5.74, 6) is 0. The number of benzene rings is 3. The van der Waals surface area contributed by atoms with Crippen LogP contribution >= 0.6 is 0 Å². The summed E-state index contributed by atoms with van der Waals surface area (Å²) in [6.45, 7) is 3.45. The monoisotopic (exact) mass is 406 g/mol. The summed E-state index contributed by atoms with van der Waals surface area (Å²) < 4.78 is 17.8. The van der Waals surface area contributed by atoms with Gasteiger partial charge in [-0.1, -0.05) is 91.0 Å². The van der Waals surface area contributed by atoms with Gasteiger partial charge in [0, 0.05) is 0 Å². The number of hydrogen-bond acceptors (Lipinski definition) is 4. The van der Waals surface area contributed by atoms with Gasteiger partial charge in [-0.15, -0.1) is 0 Å². The van der Waals surface area contributed by atoms with E-state index in [1.165, 1.54) is 0 Å². The average Bonchev–Trinajstić information content (AvgIpc) is 2.78. The van der Waals surface area contributed by atoms with Crippen molar-refractivity contribution in [3.63, 3.8) is 0 Å². The fourth-order valence-electron chi connectivity index (χ4n) is 3.08. The molecule has 158 valence electrons. The Morgan fingerprint density at radius 1 is 0.667 bits per heavy atom. The molecule has 0 bridgehead atoms. The highest BCUT2D eigenvalue weighted by atomic mass is 16.5. The van der Waals surface area contributed by atoms with E-state index in [1.54, 1.807) is 6.92 Å². The van der Waals surface area contributed by atoms with Gasteiger partial charge in [-0.25, -0.2) is 0 Å². The fraction of sp³-hybridized carbons (Fsp3) is 0.308. The van der Waals surface area contributed by atoms with Gasteiger partial charge >= 0.3 is 0 Å². The van der Waals surface area contributed by atoms with Crippen molar-refractivity contribution < 1.29 is 19.3 Å². The molecule has 0 aliphatic rings. The van der Waals surface area contributed by atoms with Crippen LogP contribution in [-0.4, -0.2) is 30.0 Å². The minimum Gasteiger partial charge on any atom is -0.385 e. The molecule has 2 atom stereocenters. The second-order valence-corrected chi connectivity index (χ2v) is 7.62. The molecule has 0 radical (unpaired) electrons. The highest BCUT2D eigenvalue weighted by Crippen LogP contribution is 2.19. The van der Waals surface area contributed by atoms with Crippen LogP contribution in [0.5, 0.6) is 0 Å². The van der Waals surface area contributed by atoms with Crippen LogP contribution in [0, 0.1) is 0 Å². The topological polar surface area (TPSA) is 47.9 Å². The Morgan fingerprint density at radius 3 is 1.60 bits per heavy atom. The summed E-state index contributed by atoms with van der Waals surface area (Å²) in [5.41, 5.74) is 2.00. The van der Waals surface area contributed by atoms with Crippen molar-refractivity contribution in [2.75, 3.05) is 13.2 Å². The Bertz CT molecular complexity index is 835. The highest BCUT2D eigenvalue weighted by molar-refractivity contribution is 5.15. The standard InChI is InChI=1S/C26H30O4/c1-26(27,21-29-18-23-13-7-3-8-14-23)25(30-19-24-15-9-4-10-16-24)20-28-17-22-11-5-2-6-12-22/h2-16,25,27H,17-21H2,1H3/t25-,26+/m0/s1. The highest BCUT2D eigenvalue weighted by Gasteiger charge is 2.33. The van der Waals surface area contributed by atoms with Gasteiger partial charge in [0.15, 0.2) is 0 Å². The molecule has 0 unspecified atom stereocenters. The molecular weight excluding hydrogens is 376 g/mol. The van der Waals surface area contributed by atoms with Gasteiger partial charge in [-0.05, 0) is 23.6 Å². The van der Waals surface area contributed by atoms with Crippen LogP contribution in [0.15, 0.2) is 91.0 Å². The van der Waals surface area contributed by atoms with E-state index in [2.05, 4.69) is 0 Å². The van der Waals surface area contributed by atoms with E-state index in [9.17, 15) is 5.11 Å². The van der Waals surface area contributed by atoms with E-state index in [0.717, 1.165) is 16.7 Å². The van der Waals surface area contributed by atoms with Crippen molar-refractivity contribution in [3.8, 4) is 0 Å². The lowest BCUT2D eigenvalue weighted by Gasteiger charge is -2.32. The van der Waals surface area contributed by atoms with Crippen molar-refractivity contribution in [2.45, 2.75) is 38.4 Å². The molecule has 0 aliphatic heterocycles. The minimum absolute atomic E-state index is 0.149. The summed E-state index contributed by atoms with van der Waals surface area (Å²) >= 11 is 0. The van der Waals surface area contributed by atoms with Crippen LogP contribution in [-0.2, 0) is 34.0 Å². The van der Waals surface area contributed by atoms with Crippen molar-refractivity contribution in [3.05, 3.63) is 108 Å². The second-order valence-electron chi connectivity index (χ2n) is 7.62. The van der Waals surface area contributed by atoms with E-state index >= 15 is 0 Å². The molecule has 3 rings (SSSR count). The van der Waals surface area contributed by atoms with Crippen molar-refractivity contribution in [1.29, 1.82) is 0 Å². The van der Waals surface area contributed by atoms with Gasteiger partial charge in [-0.3, -0.25) is 0 Å². The Hall–Kier alpha value is -2.50. The first-order valence-corrected chi connectivity index (χ1v) is 10.2. The van der Waals surface area contributed by atoms with Crippen LogP contribution in [0.2, 0.25) is 0 Å². The summed E-state index contributed by atoms with van der Waals surface area (Å²) in [6.07, 6.45) is -0.530. The molecule has 0 amide bonds. The van der Waals surface area contributed by atoms with E-state index in [4.69, 9.17) is 14.2 Å². The zero-order chi connectivity index (χ0) is 21.1. The largest absolute Gasteiger partial charge is 0.385 e. The molecule has 3 aromatic carbocycles. The van der Waals surface area contributed by atoms with Gasteiger partial charge in [-0.2, -0.15) is 0 Å². The predicted octanol–water partition coefficient (Wildman–Crippen LogP) is 4.76. The molecule has 30 heavy (non-hydrogen) atoms. The first-order valence-electron chi connectivity index (χ1n) is 10.2. The third-order valence-corrected chi connectivity index (χ3v) is 4.87. The first kappa shape index (κ1) is 22.2. The van der Waals surface area contributed by atoms with Gasteiger partial charge in [0.2, 0.25) is 0 Å². The maximum Gasteiger partial charge on any atom is 0.113 e.